The van der Waals surface area contributed by atoms with Gasteiger partial charge in [0, 0.05) is 24.2 Å². The molecule has 4 heteroatoms. The molecule has 0 bridgehead atoms. The standard InChI is InChI=1S/C14H24N2O2/c1-11(15)13-7-6-12(17-4)10-14(13)18-9-5-8-16(2)3/h6-7,10-11H,5,8-9,15H2,1-4H3/t11-/m0/s1. The number of ether oxygens (including phenoxy) is 2. The van der Waals surface area contributed by atoms with E-state index in [4.69, 9.17) is 15.2 Å². The number of hydrogen-bond donors (Lipinski definition) is 1. The van der Waals surface area contributed by atoms with Crippen molar-refractivity contribution in [2.45, 2.75) is 19.4 Å². The Hall–Kier alpha value is -1.26. The van der Waals surface area contributed by atoms with Crippen molar-refractivity contribution in [3.05, 3.63) is 23.8 Å². The average molecular weight is 252 g/mol. The van der Waals surface area contributed by atoms with Crippen LogP contribution in [0.2, 0.25) is 0 Å². The van der Waals surface area contributed by atoms with Crippen LogP contribution in [0.5, 0.6) is 11.5 Å². The van der Waals surface area contributed by atoms with E-state index in [0.29, 0.717) is 6.61 Å². The molecule has 2 N–H and O–H groups in total. The van der Waals surface area contributed by atoms with Gasteiger partial charge in [-0.3, -0.25) is 0 Å². The normalized spacial score (nSPS) is 12.6. The van der Waals surface area contributed by atoms with Crippen molar-refractivity contribution >= 4 is 0 Å². The summed E-state index contributed by atoms with van der Waals surface area (Å²) >= 11 is 0. The first-order valence-electron chi connectivity index (χ1n) is 6.25. The van der Waals surface area contributed by atoms with Gasteiger partial charge in [0.1, 0.15) is 11.5 Å². The number of benzene rings is 1. The van der Waals surface area contributed by atoms with Gasteiger partial charge in [-0.25, -0.2) is 0 Å². The van der Waals surface area contributed by atoms with E-state index in [-0.39, 0.29) is 6.04 Å². The van der Waals surface area contributed by atoms with E-state index in [1.165, 1.54) is 0 Å². The molecule has 1 aromatic carbocycles. The van der Waals surface area contributed by atoms with Crippen molar-refractivity contribution in [2.24, 2.45) is 5.73 Å². The fourth-order valence-electron chi connectivity index (χ4n) is 1.71. The lowest BCUT2D eigenvalue weighted by atomic mass is 10.1. The van der Waals surface area contributed by atoms with Gasteiger partial charge in [-0.1, -0.05) is 6.07 Å². The first kappa shape index (κ1) is 14.8. The fraction of sp³-hybridized carbons (Fsp3) is 0.571. The third kappa shape index (κ3) is 4.55. The van der Waals surface area contributed by atoms with Crippen molar-refractivity contribution in [1.29, 1.82) is 0 Å². The van der Waals surface area contributed by atoms with Crippen LogP contribution in [-0.4, -0.2) is 39.3 Å². The molecule has 0 saturated carbocycles. The molecule has 0 amide bonds. The molecule has 0 heterocycles. The van der Waals surface area contributed by atoms with E-state index in [2.05, 4.69) is 19.0 Å². The highest BCUT2D eigenvalue weighted by Gasteiger charge is 2.09. The molecule has 0 aliphatic heterocycles. The van der Waals surface area contributed by atoms with Gasteiger partial charge in [-0.15, -0.1) is 0 Å². The van der Waals surface area contributed by atoms with Crippen LogP contribution in [0.15, 0.2) is 18.2 Å². The van der Waals surface area contributed by atoms with Gasteiger partial charge in [0.2, 0.25) is 0 Å². The molecule has 4 nitrogen and oxygen atoms in total. The largest absolute Gasteiger partial charge is 0.497 e. The van der Waals surface area contributed by atoms with E-state index < -0.39 is 0 Å². The van der Waals surface area contributed by atoms with Gasteiger partial charge in [-0.2, -0.15) is 0 Å². The third-order valence-electron chi connectivity index (χ3n) is 2.72. The monoisotopic (exact) mass is 252 g/mol. The van der Waals surface area contributed by atoms with E-state index in [0.717, 1.165) is 30.0 Å². The SMILES string of the molecule is COc1ccc([C@H](C)N)c(OCCCN(C)C)c1. The van der Waals surface area contributed by atoms with Crippen molar-refractivity contribution in [3.63, 3.8) is 0 Å². The fourth-order valence-corrected chi connectivity index (χ4v) is 1.71. The molecule has 1 aromatic rings. The maximum atomic E-state index is 5.93. The van der Waals surface area contributed by atoms with Gasteiger partial charge in [-0.05, 0) is 33.5 Å². The van der Waals surface area contributed by atoms with Crippen molar-refractivity contribution in [3.8, 4) is 11.5 Å². The summed E-state index contributed by atoms with van der Waals surface area (Å²) in [4.78, 5) is 2.14. The van der Waals surface area contributed by atoms with Gasteiger partial charge in [0.25, 0.3) is 0 Å². The molecule has 1 rings (SSSR count). The van der Waals surface area contributed by atoms with Crippen LogP contribution in [0.25, 0.3) is 0 Å². The summed E-state index contributed by atoms with van der Waals surface area (Å²) in [6.45, 7) is 3.65. The van der Waals surface area contributed by atoms with Crippen LogP contribution in [0, 0.1) is 0 Å². The van der Waals surface area contributed by atoms with E-state index in [9.17, 15) is 0 Å². The minimum absolute atomic E-state index is 0.0419. The summed E-state index contributed by atoms with van der Waals surface area (Å²) in [7, 11) is 5.76. The highest BCUT2D eigenvalue weighted by Crippen LogP contribution is 2.28. The molecule has 0 unspecified atom stereocenters. The second kappa shape index (κ2) is 7.24. The minimum atomic E-state index is -0.0419. The zero-order chi connectivity index (χ0) is 13.5. The van der Waals surface area contributed by atoms with E-state index in [1.807, 2.05) is 25.1 Å². The van der Waals surface area contributed by atoms with Crippen LogP contribution < -0.4 is 15.2 Å². The topological polar surface area (TPSA) is 47.7 Å². The second-order valence-electron chi connectivity index (χ2n) is 4.70. The van der Waals surface area contributed by atoms with Gasteiger partial charge < -0.3 is 20.1 Å². The number of rotatable bonds is 7. The smallest absolute Gasteiger partial charge is 0.127 e. The predicted octanol–water partition coefficient (Wildman–Crippen LogP) is 2.05. The van der Waals surface area contributed by atoms with Crippen molar-refractivity contribution in [1.82, 2.24) is 4.90 Å². The van der Waals surface area contributed by atoms with Crippen molar-refractivity contribution < 1.29 is 9.47 Å². The number of nitrogens with two attached hydrogens (primary N) is 1. The van der Waals surface area contributed by atoms with Crippen LogP contribution in [0.1, 0.15) is 24.9 Å². The number of hydrogen-bond acceptors (Lipinski definition) is 4. The summed E-state index contributed by atoms with van der Waals surface area (Å²) < 4.78 is 11.0. The molecule has 18 heavy (non-hydrogen) atoms. The Bertz CT molecular complexity index is 365. The summed E-state index contributed by atoms with van der Waals surface area (Å²) in [5.74, 6) is 1.62. The molecule has 0 spiro atoms. The number of methoxy groups -OCH3 is 1. The van der Waals surface area contributed by atoms with Crippen molar-refractivity contribution in [2.75, 3.05) is 34.4 Å². The molecule has 102 valence electrons. The molecular weight excluding hydrogens is 228 g/mol. The Morgan fingerprint density at radius 2 is 2.06 bits per heavy atom. The molecule has 0 fully saturated rings. The van der Waals surface area contributed by atoms with Crippen LogP contribution >= 0.6 is 0 Å². The Morgan fingerprint density at radius 3 is 2.61 bits per heavy atom. The zero-order valence-electron chi connectivity index (χ0n) is 11.8. The van der Waals surface area contributed by atoms with Crippen LogP contribution in [0.4, 0.5) is 0 Å². The molecule has 0 aliphatic rings. The number of nitrogens with zero attached hydrogens (tertiary/aromatic N) is 1. The average Bonchev–Trinajstić information content (AvgIpc) is 2.33. The quantitative estimate of drug-likeness (QED) is 0.754. The molecule has 0 saturated heterocycles. The Kier molecular flexibility index (Phi) is 5.95. The third-order valence-corrected chi connectivity index (χ3v) is 2.72. The van der Waals surface area contributed by atoms with E-state index in [1.54, 1.807) is 7.11 Å². The molecule has 0 aromatic heterocycles. The first-order chi connectivity index (χ1) is 8.54. The minimum Gasteiger partial charge on any atom is -0.497 e. The lowest BCUT2D eigenvalue weighted by Gasteiger charge is -2.16. The van der Waals surface area contributed by atoms with Gasteiger partial charge >= 0.3 is 0 Å². The lowest BCUT2D eigenvalue weighted by molar-refractivity contribution is 0.277. The second-order valence-corrected chi connectivity index (χ2v) is 4.70. The Balaban J connectivity index is 2.66. The maximum absolute atomic E-state index is 5.93. The zero-order valence-corrected chi connectivity index (χ0v) is 11.8. The molecule has 0 aliphatic carbocycles. The summed E-state index contributed by atoms with van der Waals surface area (Å²) in [5, 5.41) is 0. The molecular formula is C14H24N2O2. The first-order valence-corrected chi connectivity index (χ1v) is 6.25. The lowest BCUT2D eigenvalue weighted by Crippen LogP contribution is -2.16. The summed E-state index contributed by atoms with van der Waals surface area (Å²) in [5.41, 5.74) is 6.94. The van der Waals surface area contributed by atoms with Crippen LogP contribution in [0.3, 0.4) is 0 Å². The highest BCUT2D eigenvalue weighted by atomic mass is 16.5. The van der Waals surface area contributed by atoms with Gasteiger partial charge in [0.05, 0.1) is 13.7 Å². The summed E-state index contributed by atoms with van der Waals surface area (Å²) in [6, 6.07) is 5.73. The Morgan fingerprint density at radius 1 is 1.33 bits per heavy atom. The maximum Gasteiger partial charge on any atom is 0.127 e. The summed E-state index contributed by atoms with van der Waals surface area (Å²) in [6.07, 6.45) is 0.989. The van der Waals surface area contributed by atoms with Crippen LogP contribution in [-0.2, 0) is 0 Å². The molecule has 1 atom stereocenters. The van der Waals surface area contributed by atoms with Gasteiger partial charge in [0.15, 0.2) is 0 Å². The van der Waals surface area contributed by atoms with E-state index >= 15 is 0 Å². The molecule has 0 radical (unpaired) electrons. The Labute approximate surface area is 110 Å². The predicted molar refractivity (Wildman–Crippen MR) is 74.3 cm³/mol. The highest BCUT2D eigenvalue weighted by molar-refractivity contribution is 5.42.